The van der Waals surface area contributed by atoms with Gasteiger partial charge in [0.25, 0.3) is 0 Å². The van der Waals surface area contributed by atoms with Crippen LogP contribution in [0.4, 0.5) is 0 Å². The molecular weight excluding hydrogens is 649 g/mol. The number of ketones is 1. The molecule has 0 unspecified atom stereocenters. The average Bonchev–Trinajstić information content (AvgIpc) is 3.67. The number of aliphatic hydroxyl groups is 2. The van der Waals surface area contributed by atoms with E-state index in [9.17, 15) is 19.8 Å². The molecule has 280 valence electrons. The molecule has 3 heterocycles. The third-order valence-corrected chi connectivity index (χ3v) is 14.9. The second kappa shape index (κ2) is 10.8. The van der Waals surface area contributed by atoms with Crippen LogP contribution in [-0.4, -0.2) is 49.3 Å². The van der Waals surface area contributed by atoms with E-state index < -0.39 is 34.9 Å². The standard InChI is InChI=1S/C45H60N2O5/c1-23(2)35-38(51)33-32-25(28-22-41(6,7)52-42(8,9)34(28)37(32)50)21-26-27-20-24-15-16-29-43(10,18-13-14-31(49)46-40(3,4)5)30(48)17-19-44(29,11)45(24,12)39(27)47(35)36(26)33/h13,18,21-22,24,29-30,34-35,37,48,50H,1,14-17,19-20H2,2-12H3,(H,46,49)/b18-13+/t24-,29-,30-,34+,35-,37+,43-,44-,45+/m0/s1. The molecule has 3 N–H and O–H groups in total. The van der Waals surface area contributed by atoms with Crippen molar-refractivity contribution in [3.05, 3.63) is 64.4 Å². The summed E-state index contributed by atoms with van der Waals surface area (Å²) in [5, 5.41) is 28.2. The second-order valence-electron chi connectivity index (χ2n) is 20.2. The Kier molecular flexibility index (Phi) is 7.49. The van der Waals surface area contributed by atoms with Crippen LogP contribution in [0, 0.1) is 28.6 Å². The van der Waals surface area contributed by atoms with Crippen molar-refractivity contribution in [3.8, 4) is 0 Å². The summed E-state index contributed by atoms with van der Waals surface area (Å²) in [5.74, 6) is 0.318. The predicted octanol–water partition coefficient (Wildman–Crippen LogP) is 8.46. The molecule has 0 spiro atoms. The Morgan fingerprint density at radius 2 is 1.79 bits per heavy atom. The van der Waals surface area contributed by atoms with Crippen molar-refractivity contribution < 1.29 is 24.5 Å². The molecule has 2 saturated carbocycles. The Balaban J connectivity index is 1.30. The molecule has 0 saturated heterocycles. The van der Waals surface area contributed by atoms with Crippen molar-refractivity contribution in [2.24, 2.45) is 28.6 Å². The molecule has 8 rings (SSSR count). The number of amides is 1. The fourth-order valence-corrected chi connectivity index (χ4v) is 13.0. The fourth-order valence-electron chi connectivity index (χ4n) is 13.0. The zero-order valence-corrected chi connectivity index (χ0v) is 33.3. The zero-order valence-electron chi connectivity index (χ0n) is 33.3. The highest BCUT2D eigenvalue weighted by molar-refractivity contribution is 6.18. The smallest absolute Gasteiger partial charge is 0.224 e. The van der Waals surface area contributed by atoms with Gasteiger partial charge in [0.2, 0.25) is 5.91 Å². The fraction of sp³-hybridized carbons (Fsp3) is 0.644. The normalized spacial score (nSPS) is 38.1. The molecule has 52 heavy (non-hydrogen) atoms. The maximum absolute atomic E-state index is 14.9. The van der Waals surface area contributed by atoms with Gasteiger partial charge in [0.1, 0.15) is 6.04 Å². The molecule has 1 aromatic heterocycles. The van der Waals surface area contributed by atoms with Gasteiger partial charge in [0, 0.05) is 45.4 Å². The zero-order chi connectivity index (χ0) is 37.9. The number of ether oxygens (including phenoxy) is 1. The van der Waals surface area contributed by atoms with Gasteiger partial charge in [0.15, 0.2) is 5.78 Å². The molecule has 7 nitrogen and oxygen atoms in total. The van der Waals surface area contributed by atoms with Gasteiger partial charge in [0.05, 0.1) is 34.5 Å². The number of nitrogens with one attached hydrogen (secondary N) is 1. The van der Waals surface area contributed by atoms with Crippen LogP contribution in [-0.2, 0) is 21.4 Å². The molecule has 2 aliphatic heterocycles. The van der Waals surface area contributed by atoms with Crippen molar-refractivity contribution in [2.75, 3.05) is 0 Å². The highest BCUT2D eigenvalue weighted by Crippen LogP contribution is 2.71. The topological polar surface area (TPSA) is 101 Å². The Bertz CT molecular complexity index is 2020. The van der Waals surface area contributed by atoms with Gasteiger partial charge >= 0.3 is 0 Å². The first kappa shape index (κ1) is 36.0. The van der Waals surface area contributed by atoms with Crippen LogP contribution in [0.5, 0.6) is 0 Å². The molecule has 7 heteroatoms. The maximum Gasteiger partial charge on any atom is 0.224 e. The van der Waals surface area contributed by atoms with Gasteiger partial charge in [-0.2, -0.15) is 0 Å². The lowest BCUT2D eigenvalue weighted by molar-refractivity contribution is -0.145. The van der Waals surface area contributed by atoms with Crippen LogP contribution in [0.3, 0.4) is 0 Å². The minimum atomic E-state index is -0.851. The van der Waals surface area contributed by atoms with Gasteiger partial charge in [-0.1, -0.05) is 45.1 Å². The van der Waals surface area contributed by atoms with Crippen molar-refractivity contribution in [1.82, 2.24) is 9.88 Å². The lowest BCUT2D eigenvalue weighted by Crippen LogP contribution is -2.62. The number of hydrogen-bond donors (Lipinski definition) is 3. The van der Waals surface area contributed by atoms with E-state index in [1.807, 2.05) is 33.8 Å². The van der Waals surface area contributed by atoms with E-state index in [0.717, 1.165) is 58.9 Å². The van der Waals surface area contributed by atoms with E-state index in [0.29, 0.717) is 17.9 Å². The molecule has 4 aliphatic carbocycles. The monoisotopic (exact) mass is 708 g/mol. The summed E-state index contributed by atoms with van der Waals surface area (Å²) >= 11 is 0. The Morgan fingerprint density at radius 3 is 2.44 bits per heavy atom. The van der Waals surface area contributed by atoms with Gasteiger partial charge in [-0.3, -0.25) is 9.59 Å². The third-order valence-electron chi connectivity index (χ3n) is 14.9. The Labute approximate surface area is 310 Å². The van der Waals surface area contributed by atoms with Crippen molar-refractivity contribution in [1.29, 1.82) is 0 Å². The van der Waals surface area contributed by atoms with Crippen LogP contribution in [0.25, 0.3) is 16.5 Å². The van der Waals surface area contributed by atoms with E-state index in [1.54, 1.807) is 0 Å². The Morgan fingerprint density at radius 1 is 1.10 bits per heavy atom. The number of hydrogen-bond acceptors (Lipinski definition) is 5. The summed E-state index contributed by atoms with van der Waals surface area (Å²) in [6.45, 7) is 27.7. The lowest BCUT2D eigenvalue weighted by atomic mass is 9.40. The summed E-state index contributed by atoms with van der Waals surface area (Å²) in [6, 6.07) is 1.78. The molecule has 0 radical (unpaired) electrons. The van der Waals surface area contributed by atoms with Crippen molar-refractivity contribution in [3.63, 3.8) is 0 Å². The molecule has 9 atom stereocenters. The van der Waals surface area contributed by atoms with E-state index in [-0.39, 0.29) is 46.3 Å². The number of carbonyl (C=O) groups is 2. The van der Waals surface area contributed by atoms with E-state index >= 15 is 0 Å². The molecular formula is C45H60N2O5. The highest BCUT2D eigenvalue weighted by atomic mass is 16.5. The Hall–Kier alpha value is -3.00. The first-order valence-corrected chi connectivity index (χ1v) is 19.7. The van der Waals surface area contributed by atoms with Crippen LogP contribution >= 0.6 is 0 Å². The minimum absolute atomic E-state index is 0.0160. The van der Waals surface area contributed by atoms with Crippen LogP contribution in [0.2, 0.25) is 0 Å². The molecule has 1 amide bonds. The van der Waals surface area contributed by atoms with E-state index in [1.165, 1.54) is 11.3 Å². The second-order valence-corrected chi connectivity index (χ2v) is 20.2. The maximum atomic E-state index is 14.9. The number of allylic oxidation sites excluding steroid dienone is 1. The van der Waals surface area contributed by atoms with Gasteiger partial charge < -0.3 is 24.8 Å². The number of nitrogens with zero attached hydrogens (tertiary/aromatic N) is 1. The minimum Gasteiger partial charge on any atom is -0.392 e. The lowest BCUT2D eigenvalue weighted by Gasteiger charge is -2.64. The molecule has 2 aromatic rings. The van der Waals surface area contributed by atoms with Gasteiger partial charge in [-0.05, 0) is 134 Å². The van der Waals surface area contributed by atoms with Crippen LogP contribution in [0.15, 0.2) is 36.4 Å². The number of Topliss-reactive ketones (excluding diaryl/α,β-unsaturated/α-hetero) is 1. The average molecular weight is 709 g/mol. The summed E-state index contributed by atoms with van der Waals surface area (Å²) in [5.41, 5.74) is 5.51. The molecule has 1 aromatic carbocycles. The number of benzene rings is 1. The predicted molar refractivity (Wildman–Crippen MR) is 206 cm³/mol. The number of rotatable bonds is 4. The third kappa shape index (κ3) is 4.54. The van der Waals surface area contributed by atoms with Gasteiger partial charge in [-0.15, -0.1) is 0 Å². The highest BCUT2D eigenvalue weighted by Gasteiger charge is 2.67. The quantitative estimate of drug-likeness (QED) is 0.277. The SMILES string of the molecule is C=C(C)[C@H]1C(=O)c2c3c(cc4c5c(n1c24)[C@@]1(C)[C@@H](CC[C@H]2[C@](C)(/C=C/CC(=O)NC(C)(C)C)[C@@H](O)CC[C@@]21C)C5)C1=CC(C)(C)OC(C)(C)[C@H]1[C@@H]3O. The molecule has 0 bridgehead atoms. The van der Waals surface area contributed by atoms with Crippen molar-refractivity contribution in [2.45, 2.75) is 155 Å². The first-order valence-electron chi connectivity index (χ1n) is 19.7. The summed E-state index contributed by atoms with van der Waals surface area (Å²) < 4.78 is 8.90. The first-order chi connectivity index (χ1) is 24.0. The van der Waals surface area contributed by atoms with E-state index in [2.05, 4.69) is 83.1 Å². The summed E-state index contributed by atoms with van der Waals surface area (Å²) in [6.07, 6.45) is 9.75. The number of carbonyl (C=O) groups excluding carboxylic acids is 2. The van der Waals surface area contributed by atoms with Crippen LogP contribution < -0.4 is 5.32 Å². The largest absolute Gasteiger partial charge is 0.392 e. The summed E-state index contributed by atoms with van der Waals surface area (Å²) in [7, 11) is 0. The van der Waals surface area contributed by atoms with Gasteiger partial charge in [-0.25, -0.2) is 0 Å². The number of aliphatic hydroxyl groups excluding tert-OH is 2. The van der Waals surface area contributed by atoms with E-state index in [4.69, 9.17) is 4.74 Å². The number of fused-ring (bicyclic) bond motifs is 11. The number of aromatic nitrogens is 1. The molecule has 6 aliphatic rings. The van der Waals surface area contributed by atoms with Crippen LogP contribution in [0.1, 0.15) is 153 Å². The van der Waals surface area contributed by atoms with Crippen molar-refractivity contribution >= 4 is 28.2 Å². The summed E-state index contributed by atoms with van der Waals surface area (Å²) in [4.78, 5) is 27.7. The molecule has 2 fully saturated rings.